The maximum absolute atomic E-state index is 11.8. The summed E-state index contributed by atoms with van der Waals surface area (Å²) in [6.45, 7) is -0.558. The summed E-state index contributed by atoms with van der Waals surface area (Å²) in [6.07, 6.45) is -5.29. The Morgan fingerprint density at radius 1 is 1.39 bits per heavy atom. The van der Waals surface area contributed by atoms with Gasteiger partial charge < -0.3 is 4.74 Å². The summed E-state index contributed by atoms with van der Waals surface area (Å²) in [7, 11) is 0. The number of benzene rings is 1. The van der Waals surface area contributed by atoms with E-state index in [1.54, 1.807) is 6.07 Å². The van der Waals surface area contributed by atoms with Crippen LogP contribution in [0.5, 0.6) is 0 Å². The van der Waals surface area contributed by atoms with Gasteiger partial charge in [0.05, 0.1) is 29.0 Å². The fraction of sp³-hybridized carbons (Fsp3) is 0.400. The molecule has 0 spiro atoms. The molecule has 8 heteroatoms. The highest BCUT2D eigenvalue weighted by molar-refractivity contribution is 9.10. The van der Waals surface area contributed by atoms with Crippen molar-refractivity contribution in [1.82, 2.24) is 0 Å². The molecule has 0 aliphatic heterocycles. The molecule has 0 amide bonds. The van der Waals surface area contributed by atoms with Crippen molar-refractivity contribution < 1.29 is 22.8 Å². The minimum absolute atomic E-state index is 0.0931. The Bertz CT molecular complexity index is 437. The number of hydrogen-bond acceptors (Lipinski definition) is 3. The second-order valence-electron chi connectivity index (χ2n) is 3.46. The molecule has 0 unspecified atom stereocenters. The summed E-state index contributed by atoms with van der Waals surface area (Å²) in [6, 6.07) is 4.27. The molecule has 18 heavy (non-hydrogen) atoms. The van der Waals surface area contributed by atoms with Crippen molar-refractivity contribution in [1.29, 1.82) is 0 Å². The van der Waals surface area contributed by atoms with Crippen LogP contribution >= 0.6 is 15.9 Å². The summed E-state index contributed by atoms with van der Waals surface area (Å²) < 4.78 is 40.6. The second-order valence-corrected chi connectivity index (χ2v) is 4.31. The zero-order valence-electron chi connectivity index (χ0n) is 9.04. The first-order valence-corrected chi connectivity index (χ1v) is 5.66. The molecule has 1 rings (SSSR count). The van der Waals surface area contributed by atoms with Gasteiger partial charge in [0.25, 0.3) is 5.69 Å². The van der Waals surface area contributed by atoms with Gasteiger partial charge in [0.2, 0.25) is 0 Å². The highest BCUT2D eigenvalue weighted by Gasteiger charge is 2.26. The van der Waals surface area contributed by atoms with Crippen LogP contribution in [0, 0.1) is 10.1 Å². The van der Waals surface area contributed by atoms with Crippen LogP contribution in [0.25, 0.3) is 0 Å². The number of nitro benzene ring substituents is 1. The first-order chi connectivity index (χ1) is 8.29. The summed E-state index contributed by atoms with van der Waals surface area (Å²) in [5.41, 5.74) is 0.305. The molecule has 0 saturated carbocycles. The van der Waals surface area contributed by atoms with Crippen LogP contribution in [0.2, 0.25) is 0 Å². The average Bonchev–Trinajstić information content (AvgIpc) is 2.24. The van der Waals surface area contributed by atoms with Crippen molar-refractivity contribution in [3.05, 3.63) is 38.3 Å². The third kappa shape index (κ3) is 5.01. The van der Waals surface area contributed by atoms with Crippen molar-refractivity contribution in [3.8, 4) is 0 Å². The molecule has 0 heterocycles. The second kappa shape index (κ2) is 6.14. The Morgan fingerprint density at radius 3 is 2.61 bits per heavy atom. The van der Waals surface area contributed by atoms with Gasteiger partial charge >= 0.3 is 6.18 Å². The predicted octanol–water partition coefficient (Wildman–Crippen LogP) is 3.83. The maximum Gasteiger partial charge on any atom is 0.391 e. The Morgan fingerprint density at radius 2 is 2.06 bits per heavy atom. The zero-order chi connectivity index (χ0) is 13.8. The first-order valence-electron chi connectivity index (χ1n) is 4.87. The van der Waals surface area contributed by atoms with Crippen molar-refractivity contribution in [2.75, 3.05) is 6.61 Å². The van der Waals surface area contributed by atoms with E-state index in [0.717, 1.165) is 0 Å². The molecule has 1 aromatic rings. The first kappa shape index (κ1) is 14.9. The van der Waals surface area contributed by atoms with Gasteiger partial charge in [-0.15, -0.1) is 0 Å². The molecule has 4 nitrogen and oxygen atoms in total. The highest BCUT2D eigenvalue weighted by Crippen LogP contribution is 2.26. The van der Waals surface area contributed by atoms with Crippen molar-refractivity contribution >= 4 is 21.6 Å². The number of hydrogen-bond donors (Lipinski definition) is 0. The number of alkyl halides is 3. The molecule has 0 N–H and O–H groups in total. The topological polar surface area (TPSA) is 52.4 Å². The van der Waals surface area contributed by atoms with Crippen LogP contribution in [-0.2, 0) is 11.3 Å². The Hall–Kier alpha value is -1.15. The molecule has 0 aromatic heterocycles. The SMILES string of the molecule is O=[N+]([O-])c1cc(COCCC(F)(F)F)ccc1Br. The van der Waals surface area contributed by atoms with E-state index in [1.165, 1.54) is 12.1 Å². The van der Waals surface area contributed by atoms with Crippen molar-refractivity contribution in [2.24, 2.45) is 0 Å². The predicted molar refractivity (Wildman–Crippen MR) is 61.1 cm³/mol. The third-order valence-corrected chi connectivity index (χ3v) is 2.68. The fourth-order valence-electron chi connectivity index (χ4n) is 1.17. The smallest absolute Gasteiger partial charge is 0.376 e. The molecule has 100 valence electrons. The lowest BCUT2D eigenvalue weighted by molar-refractivity contribution is -0.385. The normalized spacial score (nSPS) is 11.6. The lowest BCUT2D eigenvalue weighted by Crippen LogP contribution is -2.11. The molecule has 0 bridgehead atoms. The van der Waals surface area contributed by atoms with E-state index in [9.17, 15) is 23.3 Å². The lowest BCUT2D eigenvalue weighted by atomic mass is 10.2. The Kier molecular flexibility index (Phi) is 5.09. The lowest BCUT2D eigenvalue weighted by Gasteiger charge is -2.07. The van der Waals surface area contributed by atoms with E-state index >= 15 is 0 Å². The molecule has 0 atom stereocenters. The quantitative estimate of drug-likeness (QED) is 0.469. The van der Waals surface area contributed by atoms with Gasteiger partial charge in [-0.1, -0.05) is 6.07 Å². The highest BCUT2D eigenvalue weighted by atomic mass is 79.9. The largest absolute Gasteiger partial charge is 0.391 e. The van der Waals surface area contributed by atoms with E-state index in [2.05, 4.69) is 15.9 Å². The van der Waals surface area contributed by atoms with Crippen molar-refractivity contribution in [2.45, 2.75) is 19.2 Å². The standard InChI is InChI=1S/C10H9BrF3NO3/c11-8-2-1-7(5-9(8)15(16)17)6-18-4-3-10(12,13)14/h1-2,5H,3-4,6H2. The van der Waals surface area contributed by atoms with Crippen LogP contribution in [0.3, 0.4) is 0 Å². The molecule has 0 aliphatic carbocycles. The molecular formula is C10H9BrF3NO3. The van der Waals surface area contributed by atoms with E-state index in [4.69, 9.17) is 4.74 Å². The van der Waals surface area contributed by atoms with Crippen LogP contribution in [0.1, 0.15) is 12.0 Å². The van der Waals surface area contributed by atoms with Gasteiger partial charge in [-0.3, -0.25) is 10.1 Å². The number of nitro groups is 1. The summed E-state index contributed by atoms with van der Waals surface area (Å²) in [4.78, 5) is 10.0. The van der Waals surface area contributed by atoms with Gasteiger partial charge in [-0.05, 0) is 27.6 Å². The van der Waals surface area contributed by atoms with Gasteiger partial charge in [0.1, 0.15) is 0 Å². The van der Waals surface area contributed by atoms with Crippen LogP contribution in [0.4, 0.5) is 18.9 Å². The number of ether oxygens (including phenoxy) is 1. The number of rotatable bonds is 5. The average molecular weight is 328 g/mol. The van der Waals surface area contributed by atoms with Crippen molar-refractivity contribution in [3.63, 3.8) is 0 Å². The summed E-state index contributed by atoms with van der Waals surface area (Å²) in [5, 5.41) is 10.6. The van der Waals surface area contributed by atoms with Gasteiger partial charge in [0.15, 0.2) is 0 Å². The van der Waals surface area contributed by atoms with E-state index in [0.29, 0.717) is 10.0 Å². The fourth-order valence-corrected chi connectivity index (χ4v) is 1.56. The number of halogens is 4. The molecule has 0 aliphatic rings. The Balaban J connectivity index is 2.53. The maximum atomic E-state index is 11.8. The monoisotopic (exact) mass is 327 g/mol. The van der Waals surface area contributed by atoms with Gasteiger partial charge in [0, 0.05) is 6.07 Å². The van der Waals surface area contributed by atoms with E-state index in [-0.39, 0.29) is 12.3 Å². The summed E-state index contributed by atoms with van der Waals surface area (Å²) >= 11 is 3.01. The van der Waals surface area contributed by atoms with Crippen LogP contribution in [-0.4, -0.2) is 17.7 Å². The third-order valence-electron chi connectivity index (χ3n) is 2.01. The Labute approximate surface area is 109 Å². The minimum atomic E-state index is -4.26. The van der Waals surface area contributed by atoms with E-state index < -0.39 is 24.1 Å². The van der Waals surface area contributed by atoms with Gasteiger partial charge in [-0.2, -0.15) is 13.2 Å². The van der Waals surface area contributed by atoms with Crippen LogP contribution < -0.4 is 0 Å². The van der Waals surface area contributed by atoms with E-state index in [1.807, 2.05) is 0 Å². The molecular weight excluding hydrogens is 319 g/mol. The molecule has 1 aromatic carbocycles. The summed E-state index contributed by atoms with van der Waals surface area (Å²) in [5.74, 6) is 0. The van der Waals surface area contributed by atoms with Crippen LogP contribution in [0.15, 0.2) is 22.7 Å². The molecule has 0 saturated heterocycles. The minimum Gasteiger partial charge on any atom is -0.376 e. The molecule has 0 fully saturated rings. The molecule has 0 radical (unpaired) electrons. The zero-order valence-corrected chi connectivity index (χ0v) is 10.6. The van der Waals surface area contributed by atoms with Gasteiger partial charge in [-0.25, -0.2) is 0 Å². The number of nitrogens with zero attached hydrogens (tertiary/aromatic N) is 1.